The van der Waals surface area contributed by atoms with Gasteiger partial charge in [0.2, 0.25) is 0 Å². The SMILES string of the molecule is CNCC1(c2ccc(Cl)cc2)CCC(C)CC1. The van der Waals surface area contributed by atoms with E-state index in [-0.39, 0.29) is 0 Å². The van der Waals surface area contributed by atoms with Crippen molar-refractivity contribution < 1.29 is 0 Å². The Balaban J connectivity index is 2.24. The van der Waals surface area contributed by atoms with Crippen LogP contribution in [0, 0.1) is 5.92 Å². The Morgan fingerprint density at radius 2 is 1.82 bits per heavy atom. The first-order valence-electron chi connectivity index (χ1n) is 6.57. The van der Waals surface area contributed by atoms with Crippen molar-refractivity contribution in [3.8, 4) is 0 Å². The lowest BCUT2D eigenvalue weighted by Gasteiger charge is -2.40. The molecule has 1 aromatic rings. The quantitative estimate of drug-likeness (QED) is 0.856. The molecule has 1 aliphatic carbocycles. The molecular weight excluding hydrogens is 230 g/mol. The predicted octanol–water partition coefficient (Wildman–Crippen LogP) is 4.01. The first-order valence-corrected chi connectivity index (χ1v) is 6.95. The topological polar surface area (TPSA) is 12.0 Å². The molecule has 0 heterocycles. The van der Waals surface area contributed by atoms with Gasteiger partial charge in [0, 0.05) is 17.0 Å². The van der Waals surface area contributed by atoms with Crippen molar-refractivity contribution in [2.45, 2.75) is 38.0 Å². The van der Waals surface area contributed by atoms with E-state index in [9.17, 15) is 0 Å². The molecule has 1 aromatic carbocycles. The lowest BCUT2D eigenvalue weighted by molar-refractivity contribution is 0.237. The lowest BCUT2D eigenvalue weighted by atomic mass is 9.67. The molecule has 2 heteroatoms. The summed E-state index contributed by atoms with van der Waals surface area (Å²) in [6, 6.07) is 8.45. The summed E-state index contributed by atoms with van der Waals surface area (Å²) in [5.74, 6) is 0.882. The molecule has 1 N–H and O–H groups in total. The Morgan fingerprint density at radius 1 is 1.24 bits per heavy atom. The monoisotopic (exact) mass is 251 g/mol. The third kappa shape index (κ3) is 2.83. The number of hydrogen-bond acceptors (Lipinski definition) is 1. The van der Waals surface area contributed by atoms with Crippen molar-refractivity contribution in [3.63, 3.8) is 0 Å². The summed E-state index contributed by atoms with van der Waals surface area (Å²) in [6.45, 7) is 3.44. The van der Waals surface area contributed by atoms with Gasteiger partial charge in [-0.1, -0.05) is 30.7 Å². The molecule has 0 spiro atoms. The number of nitrogens with one attached hydrogen (secondary N) is 1. The molecule has 1 saturated carbocycles. The van der Waals surface area contributed by atoms with Crippen LogP contribution in [-0.4, -0.2) is 13.6 Å². The highest BCUT2D eigenvalue weighted by atomic mass is 35.5. The maximum Gasteiger partial charge on any atom is 0.0406 e. The fourth-order valence-electron chi connectivity index (χ4n) is 3.02. The lowest BCUT2D eigenvalue weighted by Crippen LogP contribution is -2.39. The Hall–Kier alpha value is -0.530. The van der Waals surface area contributed by atoms with Crippen LogP contribution in [0.4, 0.5) is 0 Å². The third-order valence-electron chi connectivity index (χ3n) is 4.20. The molecule has 17 heavy (non-hydrogen) atoms. The Labute approximate surface area is 110 Å². The second-order valence-corrected chi connectivity index (χ2v) is 5.94. The smallest absolute Gasteiger partial charge is 0.0406 e. The van der Waals surface area contributed by atoms with Crippen molar-refractivity contribution in [2.75, 3.05) is 13.6 Å². The van der Waals surface area contributed by atoms with E-state index in [2.05, 4.69) is 31.4 Å². The maximum atomic E-state index is 5.98. The average molecular weight is 252 g/mol. The molecule has 0 aromatic heterocycles. The summed E-state index contributed by atoms with van der Waals surface area (Å²) < 4.78 is 0. The molecule has 2 rings (SSSR count). The molecule has 0 radical (unpaired) electrons. The van der Waals surface area contributed by atoms with E-state index in [1.165, 1.54) is 31.2 Å². The Kier molecular flexibility index (Phi) is 4.11. The van der Waals surface area contributed by atoms with E-state index < -0.39 is 0 Å². The van der Waals surface area contributed by atoms with Gasteiger partial charge in [-0.25, -0.2) is 0 Å². The number of rotatable bonds is 3. The first-order chi connectivity index (χ1) is 8.16. The van der Waals surface area contributed by atoms with Crippen molar-refractivity contribution in [1.29, 1.82) is 0 Å². The zero-order valence-corrected chi connectivity index (χ0v) is 11.6. The van der Waals surface area contributed by atoms with Crippen LogP contribution in [0.1, 0.15) is 38.2 Å². The zero-order chi connectivity index (χ0) is 12.3. The predicted molar refractivity (Wildman–Crippen MR) is 74.7 cm³/mol. The summed E-state index contributed by atoms with van der Waals surface area (Å²) in [6.07, 6.45) is 5.25. The molecule has 0 unspecified atom stereocenters. The zero-order valence-electron chi connectivity index (χ0n) is 10.8. The van der Waals surface area contributed by atoms with Gasteiger partial charge in [-0.05, 0) is 56.3 Å². The van der Waals surface area contributed by atoms with Crippen LogP contribution >= 0.6 is 11.6 Å². The minimum Gasteiger partial charge on any atom is -0.319 e. The van der Waals surface area contributed by atoms with Gasteiger partial charge in [-0.3, -0.25) is 0 Å². The fraction of sp³-hybridized carbons (Fsp3) is 0.600. The summed E-state index contributed by atoms with van der Waals surface area (Å²) in [4.78, 5) is 0. The van der Waals surface area contributed by atoms with Gasteiger partial charge in [0.15, 0.2) is 0 Å². The number of halogens is 1. The van der Waals surface area contributed by atoms with Crippen LogP contribution in [0.3, 0.4) is 0 Å². The van der Waals surface area contributed by atoms with Crippen LogP contribution in [0.25, 0.3) is 0 Å². The number of likely N-dealkylation sites (N-methyl/N-ethyl adjacent to an activating group) is 1. The van der Waals surface area contributed by atoms with Gasteiger partial charge >= 0.3 is 0 Å². The van der Waals surface area contributed by atoms with Crippen LogP contribution in [0.15, 0.2) is 24.3 Å². The second kappa shape index (κ2) is 5.41. The summed E-state index contributed by atoms with van der Waals surface area (Å²) in [5.41, 5.74) is 1.77. The van der Waals surface area contributed by atoms with E-state index >= 15 is 0 Å². The molecule has 1 fully saturated rings. The van der Waals surface area contributed by atoms with Gasteiger partial charge in [0.1, 0.15) is 0 Å². The molecule has 1 aliphatic rings. The normalized spacial score (nSPS) is 29.2. The average Bonchev–Trinajstić information content (AvgIpc) is 2.34. The highest BCUT2D eigenvalue weighted by Gasteiger charge is 2.35. The van der Waals surface area contributed by atoms with Crippen molar-refractivity contribution in [2.24, 2.45) is 5.92 Å². The van der Waals surface area contributed by atoms with Crippen molar-refractivity contribution >= 4 is 11.6 Å². The highest BCUT2D eigenvalue weighted by molar-refractivity contribution is 6.30. The molecule has 0 saturated heterocycles. The van der Waals surface area contributed by atoms with E-state index in [0.717, 1.165) is 17.5 Å². The Bertz CT molecular complexity index is 350. The van der Waals surface area contributed by atoms with Gasteiger partial charge in [-0.15, -0.1) is 0 Å². The van der Waals surface area contributed by atoms with Crippen LogP contribution in [-0.2, 0) is 5.41 Å². The fourth-order valence-corrected chi connectivity index (χ4v) is 3.15. The van der Waals surface area contributed by atoms with Crippen LogP contribution in [0.5, 0.6) is 0 Å². The van der Waals surface area contributed by atoms with Crippen molar-refractivity contribution in [1.82, 2.24) is 5.32 Å². The molecule has 0 atom stereocenters. The minimum absolute atomic E-state index is 0.325. The van der Waals surface area contributed by atoms with Gasteiger partial charge in [0.05, 0.1) is 0 Å². The number of benzene rings is 1. The summed E-state index contributed by atoms with van der Waals surface area (Å²) in [7, 11) is 2.05. The van der Waals surface area contributed by atoms with E-state index in [0.29, 0.717) is 5.41 Å². The van der Waals surface area contributed by atoms with E-state index in [1.54, 1.807) is 0 Å². The maximum absolute atomic E-state index is 5.98. The molecule has 1 nitrogen and oxygen atoms in total. The number of hydrogen-bond donors (Lipinski definition) is 1. The van der Waals surface area contributed by atoms with E-state index in [1.807, 2.05) is 12.1 Å². The van der Waals surface area contributed by atoms with Crippen LogP contribution < -0.4 is 5.32 Å². The highest BCUT2D eigenvalue weighted by Crippen LogP contribution is 2.41. The summed E-state index contributed by atoms with van der Waals surface area (Å²) in [5, 5.41) is 4.20. The van der Waals surface area contributed by atoms with Gasteiger partial charge < -0.3 is 5.32 Å². The van der Waals surface area contributed by atoms with Gasteiger partial charge in [0.25, 0.3) is 0 Å². The second-order valence-electron chi connectivity index (χ2n) is 5.50. The Morgan fingerprint density at radius 3 is 2.35 bits per heavy atom. The van der Waals surface area contributed by atoms with Crippen molar-refractivity contribution in [3.05, 3.63) is 34.9 Å². The van der Waals surface area contributed by atoms with Crippen LogP contribution in [0.2, 0.25) is 5.02 Å². The van der Waals surface area contributed by atoms with Gasteiger partial charge in [-0.2, -0.15) is 0 Å². The first kappa shape index (κ1) is 12.9. The van der Waals surface area contributed by atoms with E-state index in [4.69, 9.17) is 11.6 Å². The third-order valence-corrected chi connectivity index (χ3v) is 4.46. The molecular formula is C15H22ClN. The minimum atomic E-state index is 0.325. The molecule has 94 valence electrons. The molecule has 0 amide bonds. The molecule has 0 bridgehead atoms. The molecule has 0 aliphatic heterocycles. The summed E-state index contributed by atoms with van der Waals surface area (Å²) >= 11 is 5.98. The largest absolute Gasteiger partial charge is 0.319 e. The standard InChI is InChI=1S/C15H22ClN/c1-12-7-9-15(10-8-12,11-17-2)13-3-5-14(16)6-4-13/h3-6,12,17H,7-11H2,1-2H3.